The first-order chi connectivity index (χ1) is 10.8. The Labute approximate surface area is 135 Å². The highest BCUT2D eigenvalue weighted by molar-refractivity contribution is 5.91. The Hall–Kier alpha value is -2.41. The Kier molecular flexibility index (Phi) is 7.21. The van der Waals surface area contributed by atoms with E-state index in [2.05, 4.69) is 10.6 Å². The van der Waals surface area contributed by atoms with Crippen LogP contribution in [0.5, 0.6) is 0 Å². The number of nitrogens with two attached hydrogens (primary N) is 1. The van der Waals surface area contributed by atoms with Crippen molar-refractivity contribution in [3.8, 4) is 0 Å². The Bertz CT molecular complexity index is 548. The average molecular weight is 321 g/mol. The number of carboxylic acids is 1. The third kappa shape index (κ3) is 6.07. The number of aliphatic carboxylic acids is 1. The molecule has 7 heteroatoms. The normalized spacial score (nSPS) is 14.4. The summed E-state index contributed by atoms with van der Waals surface area (Å²) >= 11 is 0. The lowest BCUT2D eigenvalue weighted by molar-refractivity contribution is -0.139. The van der Waals surface area contributed by atoms with Crippen molar-refractivity contribution in [3.05, 3.63) is 35.9 Å². The number of nitrogens with one attached hydrogen (secondary N) is 2. The second-order valence-corrected chi connectivity index (χ2v) is 5.31. The fourth-order valence-electron chi connectivity index (χ4n) is 2.07. The second kappa shape index (κ2) is 8.89. The molecule has 7 nitrogen and oxygen atoms in total. The van der Waals surface area contributed by atoms with Gasteiger partial charge in [-0.25, -0.2) is 0 Å². The lowest BCUT2D eigenvalue weighted by Crippen LogP contribution is -2.51. The van der Waals surface area contributed by atoms with E-state index in [1.807, 2.05) is 37.3 Å². The first-order valence-electron chi connectivity index (χ1n) is 7.48. The quantitative estimate of drug-likeness (QED) is 0.557. The maximum Gasteiger partial charge on any atom is 0.305 e. The lowest BCUT2D eigenvalue weighted by Gasteiger charge is -2.21. The molecule has 1 aromatic rings. The molecule has 126 valence electrons. The minimum Gasteiger partial charge on any atom is -0.481 e. The molecule has 0 spiro atoms. The van der Waals surface area contributed by atoms with Crippen molar-refractivity contribution in [1.82, 2.24) is 10.6 Å². The molecule has 0 saturated carbocycles. The van der Waals surface area contributed by atoms with E-state index in [9.17, 15) is 14.4 Å². The highest BCUT2D eigenvalue weighted by Crippen LogP contribution is 2.15. The average Bonchev–Trinajstić information content (AvgIpc) is 2.52. The van der Waals surface area contributed by atoms with Crippen molar-refractivity contribution in [3.63, 3.8) is 0 Å². The first kappa shape index (κ1) is 18.6. The summed E-state index contributed by atoms with van der Waals surface area (Å²) in [4.78, 5) is 34.5. The summed E-state index contributed by atoms with van der Waals surface area (Å²) in [6.07, 6.45) is 0.219. The van der Waals surface area contributed by atoms with Crippen LogP contribution in [0, 0.1) is 0 Å². The van der Waals surface area contributed by atoms with Crippen LogP contribution in [0.3, 0.4) is 0 Å². The standard InChI is InChI=1S/C16H23N3O4/c1-3-13(11-7-5-4-6-8-11)19-15(22)10(2)18-16(23)12(17)9-14(20)21/h4-8,10,12-13H,3,9,17H2,1-2H3,(H,18,23)(H,19,22)(H,20,21)/t10-,12+,13?/m1/s1. The minimum atomic E-state index is -1.18. The van der Waals surface area contributed by atoms with E-state index in [0.29, 0.717) is 6.42 Å². The largest absolute Gasteiger partial charge is 0.481 e. The monoisotopic (exact) mass is 321 g/mol. The van der Waals surface area contributed by atoms with Gasteiger partial charge in [-0.15, -0.1) is 0 Å². The van der Waals surface area contributed by atoms with Crippen LogP contribution in [0.25, 0.3) is 0 Å². The van der Waals surface area contributed by atoms with Crippen LogP contribution in [0.1, 0.15) is 38.3 Å². The van der Waals surface area contributed by atoms with Crippen LogP contribution in [0.2, 0.25) is 0 Å². The molecule has 0 saturated heterocycles. The van der Waals surface area contributed by atoms with Gasteiger partial charge in [0.15, 0.2) is 0 Å². The summed E-state index contributed by atoms with van der Waals surface area (Å²) in [5.74, 6) is -2.18. The van der Waals surface area contributed by atoms with Crippen LogP contribution < -0.4 is 16.4 Å². The molecule has 0 bridgehead atoms. The summed E-state index contributed by atoms with van der Waals surface area (Å²) in [7, 11) is 0. The number of carboxylic acid groups (broad SMARTS) is 1. The van der Waals surface area contributed by atoms with E-state index in [1.165, 1.54) is 6.92 Å². The maximum atomic E-state index is 12.2. The van der Waals surface area contributed by atoms with Gasteiger partial charge in [0.25, 0.3) is 0 Å². The number of hydrogen-bond acceptors (Lipinski definition) is 4. The fraction of sp³-hybridized carbons (Fsp3) is 0.438. The zero-order chi connectivity index (χ0) is 17.4. The zero-order valence-corrected chi connectivity index (χ0v) is 13.3. The van der Waals surface area contributed by atoms with E-state index in [-0.39, 0.29) is 11.9 Å². The third-order valence-electron chi connectivity index (χ3n) is 3.41. The second-order valence-electron chi connectivity index (χ2n) is 5.31. The number of amides is 2. The predicted octanol–water partition coefficient (Wildman–Crippen LogP) is 0.561. The van der Waals surface area contributed by atoms with Gasteiger partial charge in [-0.3, -0.25) is 14.4 Å². The van der Waals surface area contributed by atoms with Crippen molar-refractivity contribution in [2.75, 3.05) is 0 Å². The van der Waals surface area contributed by atoms with Crippen molar-refractivity contribution in [2.45, 2.75) is 44.8 Å². The number of hydrogen-bond donors (Lipinski definition) is 4. The number of rotatable bonds is 8. The highest BCUT2D eigenvalue weighted by Gasteiger charge is 2.23. The number of carbonyl (C=O) groups is 3. The summed E-state index contributed by atoms with van der Waals surface area (Å²) < 4.78 is 0. The SMILES string of the molecule is CCC(NC(=O)[C@@H](C)NC(=O)[C@@H](N)CC(=O)O)c1ccccc1. The van der Waals surface area contributed by atoms with Crippen LogP contribution in [0.15, 0.2) is 30.3 Å². The van der Waals surface area contributed by atoms with Gasteiger partial charge in [-0.1, -0.05) is 37.3 Å². The molecule has 5 N–H and O–H groups in total. The molecular formula is C16H23N3O4. The van der Waals surface area contributed by atoms with Gasteiger partial charge >= 0.3 is 5.97 Å². The Balaban J connectivity index is 2.59. The summed E-state index contributed by atoms with van der Waals surface area (Å²) in [6, 6.07) is 7.36. The number of carbonyl (C=O) groups excluding carboxylic acids is 2. The predicted molar refractivity (Wildman–Crippen MR) is 85.4 cm³/mol. The molecule has 0 heterocycles. The summed E-state index contributed by atoms with van der Waals surface area (Å²) in [5.41, 5.74) is 6.44. The smallest absolute Gasteiger partial charge is 0.305 e. The Morgan fingerprint density at radius 2 is 1.74 bits per heavy atom. The summed E-state index contributed by atoms with van der Waals surface area (Å²) in [6.45, 7) is 3.47. The molecular weight excluding hydrogens is 298 g/mol. The molecule has 3 atom stereocenters. The van der Waals surface area contributed by atoms with Crippen LogP contribution in [-0.4, -0.2) is 35.0 Å². The molecule has 2 amide bonds. The van der Waals surface area contributed by atoms with E-state index in [1.54, 1.807) is 0 Å². The molecule has 1 unspecified atom stereocenters. The van der Waals surface area contributed by atoms with Gasteiger partial charge in [-0.2, -0.15) is 0 Å². The van der Waals surface area contributed by atoms with Crippen molar-refractivity contribution in [2.24, 2.45) is 5.73 Å². The molecule has 0 fully saturated rings. The van der Waals surface area contributed by atoms with E-state index >= 15 is 0 Å². The van der Waals surface area contributed by atoms with E-state index < -0.39 is 30.4 Å². The lowest BCUT2D eigenvalue weighted by atomic mass is 10.0. The summed E-state index contributed by atoms with van der Waals surface area (Å²) in [5, 5.41) is 13.9. The molecule has 23 heavy (non-hydrogen) atoms. The zero-order valence-electron chi connectivity index (χ0n) is 13.3. The third-order valence-corrected chi connectivity index (χ3v) is 3.41. The van der Waals surface area contributed by atoms with Crippen molar-refractivity contribution < 1.29 is 19.5 Å². The topological polar surface area (TPSA) is 122 Å². The van der Waals surface area contributed by atoms with Gasteiger partial charge < -0.3 is 21.5 Å². The van der Waals surface area contributed by atoms with Gasteiger partial charge in [0.1, 0.15) is 6.04 Å². The molecule has 0 aliphatic carbocycles. The van der Waals surface area contributed by atoms with Crippen molar-refractivity contribution >= 4 is 17.8 Å². The maximum absolute atomic E-state index is 12.2. The molecule has 0 radical (unpaired) electrons. The van der Waals surface area contributed by atoms with Crippen LogP contribution >= 0.6 is 0 Å². The van der Waals surface area contributed by atoms with Gasteiger partial charge in [0, 0.05) is 0 Å². The van der Waals surface area contributed by atoms with Gasteiger partial charge in [0.05, 0.1) is 18.5 Å². The highest BCUT2D eigenvalue weighted by atomic mass is 16.4. The van der Waals surface area contributed by atoms with Gasteiger partial charge in [0.2, 0.25) is 11.8 Å². The number of benzene rings is 1. The van der Waals surface area contributed by atoms with E-state index in [4.69, 9.17) is 10.8 Å². The molecule has 0 aliphatic heterocycles. The Morgan fingerprint density at radius 3 is 2.26 bits per heavy atom. The molecule has 0 aliphatic rings. The molecule has 1 aromatic carbocycles. The van der Waals surface area contributed by atoms with Crippen LogP contribution in [0.4, 0.5) is 0 Å². The van der Waals surface area contributed by atoms with Crippen molar-refractivity contribution in [1.29, 1.82) is 0 Å². The fourth-order valence-corrected chi connectivity index (χ4v) is 2.07. The first-order valence-corrected chi connectivity index (χ1v) is 7.48. The Morgan fingerprint density at radius 1 is 1.13 bits per heavy atom. The molecule has 0 aromatic heterocycles. The van der Waals surface area contributed by atoms with Gasteiger partial charge in [-0.05, 0) is 18.9 Å². The minimum absolute atomic E-state index is 0.157. The molecule has 1 rings (SSSR count). The van der Waals surface area contributed by atoms with Crippen LogP contribution in [-0.2, 0) is 14.4 Å². The van der Waals surface area contributed by atoms with E-state index in [0.717, 1.165) is 5.56 Å².